The molecule has 0 aliphatic rings. The molecule has 0 unspecified atom stereocenters. The molecule has 29 heavy (non-hydrogen) atoms. The molecule has 12 nitrogen and oxygen atoms in total. The van der Waals surface area contributed by atoms with E-state index in [1.165, 1.54) is 6.07 Å². The Morgan fingerprint density at radius 3 is 2.14 bits per heavy atom. The number of nitro benzene ring substituents is 2. The number of fused-ring (bicyclic) bond motifs is 1. The highest BCUT2D eigenvalue weighted by Crippen LogP contribution is 2.35. The predicted octanol–water partition coefficient (Wildman–Crippen LogP) is 2.46. The third kappa shape index (κ3) is 4.85. The first-order valence-electron chi connectivity index (χ1n) is 7.59. The smallest absolute Gasteiger partial charge is 0.319 e. The summed E-state index contributed by atoms with van der Waals surface area (Å²) in [5.41, 5.74) is 9.55. The number of anilines is 2. The molecule has 0 saturated carbocycles. The van der Waals surface area contributed by atoms with Gasteiger partial charge in [0.2, 0.25) is 5.75 Å². The Morgan fingerprint density at radius 1 is 0.931 bits per heavy atom. The quantitative estimate of drug-likeness (QED) is 0.159. The van der Waals surface area contributed by atoms with Crippen LogP contribution in [-0.4, -0.2) is 27.9 Å². The van der Waals surface area contributed by atoms with Crippen LogP contribution in [0.2, 0.25) is 0 Å². The third-order valence-electron chi connectivity index (χ3n) is 3.65. The fraction of sp³-hybridized carbons (Fsp3) is 0. The van der Waals surface area contributed by atoms with E-state index in [-0.39, 0.29) is 4.90 Å². The van der Waals surface area contributed by atoms with E-state index in [1.54, 1.807) is 30.3 Å². The van der Waals surface area contributed by atoms with Gasteiger partial charge in [-0.3, -0.25) is 24.8 Å². The van der Waals surface area contributed by atoms with Gasteiger partial charge < -0.3 is 16.6 Å². The molecule has 0 aliphatic heterocycles. The minimum absolute atomic E-state index is 0.0972. The first kappa shape index (κ1) is 21.3. The van der Waals surface area contributed by atoms with Crippen LogP contribution < -0.4 is 11.5 Å². The molecular weight excluding hydrogens is 408 g/mol. The van der Waals surface area contributed by atoms with Crippen LogP contribution in [0.15, 0.2) is 53.4 Å². The van der Waals surface area contributed by atoms with Crippen molar-refractivity contribution in [3.8, 4) is 5.75 Å². The Hall–Kier alpha value is -3.97. The lowest BCUT2D eigenvalue weighted by Crippen LogP contribution is -1.99. The number of benzene rings is 3. The fourth-order valence-electron chi connectivity index (χ4n) is 2.37. The van der Waals surface area contributed by atoms with E-state index in [2.05, 4.69) is 0 Å². The maximum Gasteiger partial charge on any atom is 0.319 e. The Morgan fingerprint density at radius 2 is 1.59 bits per heavy atom. The molecule has 0 spiro atoms. The van der Waals surface area contributed by atoms with E-state index < -0.39 is 42.8 Å². The van der Waals surface area contributed by atoms with Gasteiger partial charge in [-0.1, -0.05) is 18.2 Å². The predicted molar refractivity (Wildman–Crippen MR) is 104 cm³/mol. The topological polar surface area (TPSA) is 213 Å². The lowest BCUT2D eigenvalue weighted by atomic mass is 10.1. The molecule has 0 aliphatic carbocycles. The number of hydrogen-bond donors (Lipinski definition) is 4. The number of nitrogens with zero attached hydrogens (tertiary/aromatic N) is 2. The largest absolute Gasteiger partial charge is 0.501 e. The van der Waals surface area contributed by atoms with Gasteiger partial charge in [-0.15, -0.1) is 0 Å². The average molecular weight is 422 g/mol. The first-order valence-corrected chi connectivity index (χ1v) is 9.03. The molecule has 0 atom stereocenters. The van der Waals surface area contributed by atoms with Crippen molar-refractivity contribution in [2.45, 2.75) is 4.90 Å². The number of phenols is 1. The average Bonchev–Trinajstić information content (AvgIpc) is 2.62. The van der Waals surface area contributed by atoms with Gasteiger partial charge in [0, 0.05) is 17.1 Å². The van der Waals surface area contributed by atoms with Gasteiger partial charge in [0.25, 0.3) is 15.8 Å². The van der Waals surface area contributed by atoms with Gasteiger partial charge in [0.1, 0.15) is 4.90 Å². The molecule has 3 aromatic rings. The highest BCUT2D eigenvalue weighted by Gasteiger charge is 2.22. The maximum atomic E-state index is 11.1. The third-order valence-corrected chi connectivity index (χ3v) is 4.57. The van der Waals surface area contributed by atoms with E-state index in [0.717, 1.165) is 6.07 Å². The summed E-state index contributed by atoms with van der Waals surface area (Å²) in [6, 6.07) is 11.0. The summed E-state index contributed by atoms with van der Waals surface area (Å²) in [7, 11) is -4.18. The lowest BCUT2D eigenvalue weighted by Gasteiger charge is -2.03. The van der Waals surface area contributed by atoms with Crippen molar-refractivity contribution in [1.82, 2.24) is 0 Å². The summed E-state index contributed by atoms with van der Waals surface area (Å²) in [5.74, 6) is -0.763. The Bertz CT molecular complexity index is 1230. The standard InChI is InChI=1S/C10H9NO3S.C6H5N3O5/c11-8-4-5-9-7(6-8)2-1-3-10(9)15(12,13)14;7-4-1-3(8(11)12)2-5(6(4)10)9(13)14/h1-6H,11H2,(H,12,13,14);1-2,10H,7H2. The molecular formula is C16H14N4O8S. The van der Waals surface area contributed by atoms with Crippen molar-refractivity contribution in [3.63, 3.8) is 0 Å². The van der Waals surface area contributed by atoms with Gasteiger partial charge in [0.15, 0.2) is 0 Å². The van der Waals surface area contributed by atoms with Crippen LogP contribution in [0.3, 0.4) is 0 Å². The van der Waals surface area contributed by atoms with Crippen molar-refractivity contribution in [1.29, 1.82) is 0 Å². The second kappa shape index (κ2) is 7.95. The number of hydrogen-bond acceptors (Lipinski definition) is 9. The number of rotatable bonds is 3. The molecule has 3 aromatic carbocycles. The Kier molecular flexibility index (Phi) is 5.85. The number of phenolic OH excluding ortho intramolecular Hbond substituents is 1. The zero-order chi connectivity index (χ0) is 21.9. The number of nitrogen functional groups attached to an aromatic ring is 2. The van der Waals surface area contributed by atoms with Crippen LogP contribution in [0, 0.1) is 20.2 Å². The summed E-state index contributed by atoms with van der Waals surface area (Å²) >= 11 is 0. The minimum atomic E-state index is -4.18. The molecule has 0 fully saturated rings. The van der Waals surface area contributed by atoms with Crippen molar-refractivity contribution in [3.05, 3.63) is 68.8 Å². The van der Waals surface area contributed by atoms with Gasteiger partial charge in [0.05, 0.1) is 21.6 Å². The monoisotopic (exact) mass is 422 g/mol. The molecule has 0 heterocycles. The normalized spacial score (nSPS) is 10.8. The molecule has 13 heteroatoms. The molecule has 6 N–H and O–H groups in total. The number of nitro groups is 2. The van der Waals surface area contributed by atoms with Crippen molar-refractivity contribution in [2.24, 2.45) is 0 Å². The van der Waals surface area contributed by atoms with Crippen LogP contribution >= 0.6 is 0 Å². The first-order chi connectivity index (χ1) is 13.4. The molecule has 0 bridgehead atoms. The van der Waals surface area contributed by atoms with Gasteiger partial charge in [-0.25, -0.2) is 0 Å². The number of nitrogens with two attached hydrogens (primary N) is 2. The summed E-state index contributed by atoms with van der Waals surface area (Å²) in [6.45, 7) is 0. The Labute approximate surface area is 163 Å². The van der Waals surface area contributed by atoms with Crippen LogP contribution in [0.5, 0.6) is 5.75 Å². The van der Waals surface area contributed by atoms with Crippen molar-refractivity contribution < 1.29 is 27.9 Å². The second-order valence-electron chi connectivity index (χ2n) is 5.63. The van der Waals surface area contributed by atoms with E-state index in [1.807, 2.05) is 0 Å². The molecule has 0 radical (unpaired) electrons. The minimum Gasteiger partial charge on any atom is -0.501 e. The lowest BCUT2D eigenvalue weighted by molar-refractivity contribution is -0.394. The van der Waals surface area contributed by atoms with E-state index >= 15 is 0 Å². The fourth-order valence-corrected chi connectivity index (χ4v) is 3.08. The van der Waals surface area contributed by atoms with Gasteiger partial charge in [-0.05, 0) is 23.6 Å². The second-order valence-corrected chi connectivity index (χ2v) is 7.02. The van der Waals surface area contributed by atoms with Crippen LogP contribution in [0.4, 0.5) is 22.7 Å². The molecule has 0 aromatic heterocycles. The van der Waals surface area contributed by atoms with Crippen LogP contribution in [0.25, 0.3) is 10.8 Å². The van der Waals surface area contributed by atoms with E-state index in [0.29, 0.717) is 22.5 Å². The molecule has 0 saturated heterocycles. The van der Waals surface area contributed by atoms with Crippen LogP contribution in [-0.2, 0) is 10.1 Å². The van der Waals surface area contributed by atoms with Crippen molar-refractivity contribution in [2.75, 3.05) is 11.5 Å². The van der Waals surface area contributed by atoms with Crippen molar-refractivity contribution >= 4 is 43.6 Å². The number of aromatic hydroxyl groups is 1. The molecule has 0 amide bonds. The SMILES string of the molecule is Nc1cc([N+](=O)[O-])cc([N+](=O)[O-])c1O.Nc1ccc2c(S(=O)(=O)O)cccc2c1. The highest BCUT2D eigenvalue weighted by atomic mass is 32.2. The van der Waals surface area contributed by atoms with E-state index in [4.69, 9.17) is 21.1 Å². The van der Waals surface area contributed by atoms with Gasteiger partial charge in [-0.2, -0.15) is 8.42 Å². The summed E-state index contributed by atoms with van der Waals surface area (Å²) in [6.07, 6.45) is 0. The Balaban J connectivity index is 0.000000208. The molecule has 152 valence electrons. The summed E-state index contributed by atoms with van der Waals surface area (Å²) < 4.78 is 31.1. The highest BCUT2D eigenvalue weighted by molar-refractivity contribution is 7.86. The van der Waals surface area contributed by atoms with Crippen LogP contribution in [0.1, 0.15) is 0 Å². The zero-order valence-electron chi connectivity index (χ0n) is 14.4. The summed E-state index contributed by atoms with van der Waals surface area (Å²) in [4.78, 5) is 18.7. The maximum absolute atomic E-state index is 11.1. The zero-order valence-corrected chi connectivity index (χ0v) is 15.2. The van der Waals surface area contributed by atoms with E-state index in [9.17, 15) is 28.6 Å². The summed E-state index contributed by atoms with van der Waals surface area (Å²) in [5, 5.41) is 30.8. The van der Waals surface area contributed by atoms with Gasteiger partial charge >= 0.3 is 5.69 Å². The number of non-ortho nitro benzene ring substituents is 1. The molecule has 3 rings (SSSR count).